The van der Waals surface area contributed by atoms with E-state index in [1.54, 1.807) is 18.9 Å². The van der Waals surface area contributed by atoms with Gasteiger partial charge in [0.1, 0.15) is 11.5 Å². The summed E-state index contributed by atoms with van der Waals surface area (Å²) in [6, 6.07) is 17.4. The van der Waals surface area contributed by atoms with Gasteiger partial charge in [-0.15, -0.1) is 0 Å². The van der Waals surface area contributed by atoms with Crippen LogP contribution in [0.5, 0.6) is 11.5 Å². The van der Waals surface area contributed by atoms with Gasteiger partial charge >= 0.3 is 0 Å². The van der Waals surface area contributed by atoms with E-state index in [9.17, 15) is 0 Å². The molecular formula is C19H20N2O3S. The van der Waals surface area contributed by atoms with Crippen molar-refractivity contribution in [3.8, 4) is 23.0 Å². The third-order valence-corrected chi connectivity index (χ3v) is 4.52. The number of aromatic nitrogens is 2. The van der Waals surface area contributed by atoms with Crippen LogP contribution in [0.3, 0.4) is 0 Å². The van der Waals surface area contributed by atoms with Gasteiger partial charge in [-0.2, -0.15) is 16.7 Å². The summed E-state index contributed by atoms with van der Waals surface area (Å²) in [5.41, 5.74) is 0.890. The van der Waals surface area contributed by atoms with E-state index in [0.29, 0.717) is 18.3 Å². The molecule has 0 amide bonds. The fourth-order valence-electron chi connectivity index (χ4n) is 2.19. The van der Waals surface area contributed by atoms with Gasteiger partial charge in [-0.1, -0.05) is 23.4 Å². The molecule has 0 spiro atoms. The number of benzene rings is 2. The molecule has 5 nitrogen and oxygen atoms in total. The first-order valence-corrected chi connectivity index (χ1v) is 9.23. The van der Waals surface area contributed by atoms with Crippen molar-refractivity contribution in [2.24, 2.45) is 0 Å². The molecule has 0 aliphatic heterocycles. The zero-order valence-electron chi connectivity index (χ0n) is 14.1. The average Bonchev–Trinajstić information content (AvgIpc) is 3.14. The van der Waals surface area contributed by atoms with Crippen LogP contribution in [0.1, 0.15) is 12.2 Å². The van der Waals surface area contributed by atoms with Crippen molar-refractivity contribution in [1.82, 2.24) is 10.1 Å². The zero-order chi connectivity index (χ0) is 17.3. The maximum absolute atomic E-state index is 5.67. The lowest BCUT2D eigenvalue weighted by atomic mass is 10.2. The Bertz CT molecular complexity index is 760. The Kier molecular flexibility index (Phi) is 6.34. The summed E-state index contributed by atoms with van der Waals surface area (Å²) in [5.74, 6) is 4.67. The van der Waals surface area contributed by atoms with Gasteiger partial charge in [0, 0.05) is 5.56 Å². The van der Waals surface area contributed by atoms with Crippen LogP contribution in [0.4, 0.5) is 0 Å². The summed E-state index contributed by atoms with van der Waals surface area (Å²) < 4.78 is 16.1. The maximum Gasteiger partial charge on any atom is 0.257 e. The van der Waals surface area contributed by atoms with E-state index in [0.717, 1.165) is 35.0 Å². The Morgan fingerprint density at radius 1 is 1.00 bits per heavy atom. The van der Waals surface area contributed by atoms with Gasteiger partial charge in [0.25, 0.3) is 5.89 Å². The zero-order valence-corrected chi connectivity index (χ0v) is 14.9. The van der Waals surface area contributed by atoms with E-state index < -0.39 is 0 Å². The van der Waals surface area contributed by atoms with E-state index in [-0.39, 0.29) is 0 Å². The number of methoxy groups -OCH3 is 1. The van der Waals surface area contributed by atoms with Crippen molar-refractivity contribution in [2.45, 2.75) is 12.2 Å². The van der Waals surface area contributed by atoms with Gasteiger partial charge in [0.2, 0.25) is 0 Å². The number of ether oxygens (including phenoxy) is 2. The van der Waals surface area contributed by atoms with Crippen LogP contribution in [-0.2, 0) is 5.75 Å². The first-order chi connectivity index (χ1) is 12.3. The third kappa shape index (κ3) is 5.26. The number of hydrogen-bond acceptors (Lipinski definition) is 6. The molecule has 0 unspecified atom stereocenters. The van der Waals surface area contributed by atoms with Crippen LogP contribution in [0, 0.1) is 0 Å². The molecule has 0 atom stereocenters. The van der Waals surface area contributed by atoms with E-state index in [1.165, 1.54) is 0 Å². The molecule has 0 aliphatic carbocycles. The van der Waals surface area contributed by atoms with Gasteiger partial charge in [-0.3, -0.25) is 0 Å². The van der Waals surface area contributed by atoms with E-state index in [1.807, 2.05) is 54.6 Å². The molecule has 3 rings (SSSR count). The Labute approximate surface area is 151 Å². The topological polar surface area (TPSA) is 57.4 Å². The molecule has 1 aromatic heterocycles. The van der Waals surface area contributed by atoms with Crippen molar-refractivity contribution < 1.29 is 14.0 Å². The first-order valence-electron chi connectivity index (χ1n) is 8.08. The summed E-state index contributed by atoms with van der Waals surface area (Å²) in [6.07, 6.45) is 0.975. The molecule has 0 bridgehead atoms. The molecule has 0 N–H and O–H groups in total. The average molecular weight is 356 g/mol. The van der Waals surface area contributed by atoms with Crippen LogP contribution in [0.2, 0.25) is 0 Å². The Hall–Kier alpha value is -2.47. The summed E-state index contributed by atoms with van der Waals surface area (Å²) in [5, 5.41) is 4.03. The number of hydrogen-bond donors (Lipinski definition) is 0. The smallest absolute Gasteiger partial charge is 0.257 e. The monoisotopic (exact) mass is 356 g/mol. The summed E-state index contributed by atoms with van der Waals surface area (Å²) in [6.45, 7) is 0.709. The highest BCUT2D eigenvalue weighted by molar-refractivity contribution is 7.98. The number of thioether (sulfide) groups is 1. The van der Waals surface area contributed by atoms with Gasteiger partial charge in [0.05, 0.1) is 19.5 Å². The SMILES string of the molecule is COc1ccc(-c2nc(CSCCCOc3ccccc3)no2)cc1. The second-order valence-electron chi connectivity index (χ2n) is 5.31. The fraction of sp³-hybridized carbons (Fsp3) is 0.263. The Balaban J connectivity index is 1.38. The van der Waals surface area contributed by atoms with Crippen LogP contribution in [-0.4, -0.2) is 29.6 Å². The molecule has 6 heteroatoms. The molecular weight excluding hydrogens is 336 g/mol. The molecule has 0 aliphatic rings. The van der Waals surface area contributed by atoms with Crippen LogP contribution < -0.4 is 9.47 Å². The molecule has 0 radical (unpaired) electrons. The maximum atomic E-state index is 5.67. The highest BCUT2D eigenvalue weighted by Gasteiger charge is 2.09. The molecule has 130 valence electrons. The minimum atomic E-state index is 0.533. The van der Waals surface area contributed by atoms with E-state index >= 15 is 0 Å². The molecule has 0 saturated carbocycles. The second-order valence-corrected chi connectivity index (χ2v) is 6.42. The predicted octanol–water partition coefficient (Wildman–Crippen LogP) is 4.45. The minimum Gasteiger partial charge on any atom is -0.497 e. The lowest BCUT2D eigenvalue weighted by Crippen LogP contribution is -1.98. The fourth-order valence-corrected chi connectivity index (χ4v) is 2.96. The summed E-state index contributed by atoms with van der Waals surface area (Å²) in [7, 11) is 1.64. The van der Waals surface area contributed by atoms with Crippen molar-refractivity contribution in [2.75, 3.05) is 19.5 Å². The van der Waals surface area contributed by atoms with Crippen LogP contribution in [0.15, 0.2) is 59.1 Å². The van der Waals surface area contributed by atoms with Gasteiger partial charge in [0.15, 0.2) is 5.82 Å². The largest absolute Gasteiger partial charge is 0.497 e. The molecule has 25 heavy (non-hydrogen) atoms. The van der Waals surface area contributed by atoms with Crippen molar-refractivity contribution in [1.29, 1.82) is 0 Å². The highest BCUT2D eigenvalue weighted by Crippen LogP contribution is 2.21. The van der Waals surface area contributed by atoms with Crippen LogP contribution >= 0.6 is 11.8 Å². The van der Waals surface area contributed by atoms with Crippen LogP contribution in [0.25, 0.3) is 11.5 Å². The molecule has 1 heterocycles. The quantitative estimate of drug-likeness (QED) is 0.528. The van der Waals surface area contributed by atoms with Crippen molar-refractivity contribution >= 4 is 11.8 Å². The Morgan fingerprint density at radius 3 is 2.56 bits per heavy atom. The van der Waals surface area contributed by atoms with E-state index in [2.05, 4.69) is 10.1 Å². The summed E-state index contributed by atoms with van der Waals surface area (Å²) >= 11 is 1.77. The standard InChI is InChI=1S/C19H20N2O3S/c1-22-16-10-8-15(9-11-16)19-20-18(21-24-19)14-25-13-5-12-23-17-6-3-2-4-7-17/h2-4,6-11H,5,12-14H2,1H3. The third-order valence-electron chi connectivity index (χ3n) is 3.48. The van der Waals surface area contributed by atoms with Gasteiger partial charge in [-0.05, 0) is 48.6 Å². The lowest BCUT2D eigenvalue weighted by Gasteiger charge is -2.04. The van der Waals surface area contributed by atoms with Crippen molar-refractivity contribution in [3.05, 3.63) is 60.4 Å². The highest BCUT2D eigenvalue weighted by atomic mass is 32.2. The number of nitrogens with zero attached hydrogens (tertiary/aromatic N) is 2. The summed E-state index contributed by atoms with van der Waals surface area (Å²) in [4.78, 5) is 4.43. The number of para-hydroxylation sites is 1. The Morgan fingerprint density at radius 2 is 1.80 bits per heavy atom. The van der Waals surface area contributed by atoms with Crippen molar-refractivity contribution in [3.63, 3.8) is 0 Å². The van der Waals surface area contributed by atoms with E-state index in [4.69, 9.17) is 14.0 Å². The lowest BCUT2D eigenvalue weighted by molar-refractivity contribution is 0.318. The van der Waals surface area contributed by atoms with Gasteiger partial charge in [-0.25, -0.2) is 0 Å². The first kappa shape index (κ1) is 17.4. The second kappa shape index (κ2) is 9.13. The molecule has 0 fully saturated rings. The molecule has 3 aromatic rings. The van der Waals surface area contributed by atoms with Gasteiger partial charge < -0.3 is 14.0 Å². The molecule has 2 aromatic carbocycles. The number of rotatable bonds is 9. The normalized spacial score (nSPS) is 10.6. The minimum absolute atomic E-state index is 0.533. The predicted molar refractivity (Wildman–Crippen MR) is 99.0 cm³/mol. The molecule has 0 saturated heterocycles.